The maximum atomic E-state index is 13.2. The molecule has 1 aromatic carbocycles. The predicted molar refractivity (Wildman–Crippen MR) is 78.1 cm³/mol. The lowest BCUT2D eigenvalue weighted by Gasteiger charge is -2.19. The zero-order valence-electron chi connectivity index (χ0n) is 13.2. The van der Waals surface area contributed by atoms with Gasteiger partial charge in [-0.1, -0.05) is 12.1 Å². The van der Waals surface area contributed by atoms with Crippen molar-refractivity contribution in [3.05, 3.63) is 59.0 Å². The lowest BCUT2D eigenvalue weighted by molar-refractivity contribution is -0.137. The Bertz CT molecular complexity index is 795. The summed E-state index contributed by atoms with van der Waals surface area (Å²) in [5.74, 6) is -2.53. The molecule has 0 aliphatic rings. The van der Waals surface area contributed by atoms with Gasteiger partial charge in [0.25, 0.3) is 5.91 Å². The number of pyridine rings is 1. The topological polar surface area (TPSA) is 42.4 Å². The molecule has 26 heavy (non-hydrogen) atoms. The summed E-state index contributed by atoms with van der Waals surface area (Å²) >= 11 is 0. The zero-order chi connectivity index (χ0) is 19.5. The first-order valence-electron chi connectivity index (χ1n) is 7.10. The van der Waals surface area contributed by atoms with Crippen LogP contribution in [0.4, 0.5) is 26.3 Å². The first-order valence-corrected chi connectivity index (χ1v) is 7.10. The summed E-state index contributed by atoms with van der Waals surface area (Å²) in [7, 11) is 1.22. The molecule has 140 valence electrons. The predicted octanol–water partition coefficient (Wildman–Crippen LogP) is 4.11. The van der Waals surface area contributed by atoms with Gasteiger partial charge in [-0.2, -0.15) is 22.0 Å². The van der Waals surface area contributed by atoms with E-state index in [-0.39, 0.29) is 6.54 Å². The number of hydrogen-bond donors (Lipinski definition) is 0. The molecule has 2 rings (SSSR count). The lowest BCUT2D eigenvalue weighted by atomic mass is 10.1. The van der Waals surface area contributed by atoms with Crippen molar-refractivity contribution in [2.75, 3.05) is 7.05 Å². The Labute approximate surface area is 144 Å². The molecule has 2 aromatic rings. The van der Waals surface area contributed by atoms with Gasteiger partial charge in [-0.15, -0.1) is 0 Å². The summed E-state index contributed by atoms with van der Waals surface area (Å²) in [5, 5.41) is 0. The minimum Gasteiger partial charge on any atom is -0.416 e. The molecule has 10 heteroatoms. The average molecular weight is 378 g/mol. The molecule has 0 saturated heterocycles. The van der Waals surface area contributed by atoms with E-state index in [1.807, 2.05) is 0 Å². The monoisotopic (exact) mass is 378 g/mol. The highest BCUT2D eigenvalue weighted by atomic mass is 19.4. The average Bonchev–Trinajstić information content (AvgIpc) is 2.53. The van der Waals surface area contributed by atoms with Gasteiger partial charge in [0.2, 0.25) is 5.88 Å². The van der Waals surface area contributed by atoms with Crippen LogP contribution in [-0.4, -0.2) is 29.5 Å². The molecule has 1 amide bonds. The third-order valence-corrected chi connectivity index (χ3v) is 3.27. The second-order valence-corrected chi connectivity index (χ2v) is 5.24. The van der Waals surface area contributed by atoms with E-state index in [0.717, 1.165) is 11.0 Å². The van der Waals surface area contributed by atoms with E-state index >= 15 is 0 Å². The van der Waals surface area contributed by atoms with Crippen molar-refractivity contribution in [1.82, 2.24) is 9.88 Å². The van der Waals surface area contributed by atoms with Crippen LogP contribution in [0.2, 0.25) is 0 Å². The van der Waals surface area contributed by atoms with Gasteiger partial charge in [-0.05, 0) is 23.8 Å². The second kappa shape index (κ2) is 7.63. The van der Waals surface area contributed by atoms with Crippen molar-refractivity contribution in [2.45, 2.75) is 19.3 Å². The number of amides is 1. The number of carbonyl (C=O) groups is 1. The Morgan fingerprint density at radius 3 is 2.54 bits per heavy atom. The minimum atomic E-state index is -4.83. The van der Waals surface area contributed by atoms with E-state index in [2.05, 4.69) is 9.72 Å². The standard InChI is InChI=1S/C16H12F6N2O2/c1-24(8-9-3-2-4-11(17)5-9)14(25)12-6-10(16(20,21)22)7-23-13(12)26-15(18)19/h2-7,15H,8H2,1H3. The maximum absolute atomic E-state index is 13.2. The van der Waals surface area contributed by atoms with Crippen molar-refractivity contribution < 1.29 is 35.9 Å². The van der Waals surface area contributed by atoms with Crippen molar-refractivity contribution in [3.63, 3.8) is 0 Å². The Kier molecular flexibility index (Phi) is 5.73. The fraction of sp³-hybridized carbons (Fsp3) is 0.250. The van der Waals surface area contributed by atoms with Crippen LogP contribution in [0.1, 0.15) is 21.5 Å². The number of halogens is 6. The van der Waals surface area contributed by atoms with Crippen molar-refractivity contribution in [3.8, 4) is 5.88 Å². The molecule has 0 radical (unpaired) electrons. The summed E-state index contributed by atoms with van der Waals surface area (Å²) in [6.45, 7) is -3.54. The van der Waals surface area contributed by atoms with Crippen LogP contribution in [0.3, 0.4) is 0 Å². The highest BCUT2D eigenvalue weighted by Gasteiger charge is 2.33. The molecule has 0 aliphatic carbocycles. The molecule has 0 saturated carbocycles. The van der Waals surface area contributed by atoms with Gasteiger partial charge < -0.3 is 9.64 Å². The van der Waals surface area contributed by atoms with E-state index in [9.17, 15) is 31.1 Å². The number of benzene rings is 1. The molecule has 1 heterocycles. The van der Waals surface area contributed by atoms with Crippen LogP contribution in [0.5, 0.6) is 5.88 Å². The number of aromatic nitrogens is 1. The highest BCUT2D eigenvalue weighted by Crippen LogP contribution is 2.32. The molecule has 0 unspecified atom stereocenters. The number of hydrogen-bond acceptors (Lipinski definition) is 3. The van der Waals surface area contributed by atoms with E-state index in [1.165, 1.54) is 25.2 Å². The van der Waals surface area contributed by atoms with Crippen LogP contribution in [0.25, 0.3) is 0 Å². The summed E-state index contributed by atoms with van der Waals surface area (Å²) in [4.78, 5) is 16.5. The number of nitrogens with zero attached hydrogens (tertiary/aromatic N) is 2. The number of alkyl halides is 5. The van der Waals surface area contributed by atoms with Gasteiger partial charge >= 0.3 is 12.8 Å². The van der Waals surface area contributed by atoms with Gasteiger partial charge in [0, 0.05) is 19.8 Å². The maximum Gasteiger partial charge on any atom is 0.417 e. The minimum absolute atomic E-state index is 0.166. The molecular formula is C16H12F6N2O2. The molecule has 0 N–H and O–H groups in total. The number of ether oxygens (including phenoxy) is 1. The normalized spacial score (nSPS) is 11.5. The van der Waals surface area contributed by atoms with Crippen LogP contribution in [-0.2, 0) is 12.7 Å². The Balaban J connectivity index is 2.34. The van der Waals surface area contributed by atoms with Crippen LogP contribution in [0, 0.1) is 5.82 Å². The third kappa shape index (κ3) is 4.87. The van der Waals surface area contributed by atoms with Crippen molar-refractivity contribution in [1.29, 1.82) is 0 Å². The zero-order valence-corrected chi connectivity index (χ0v) is 13.2. The van der Waals surface area contributed by atoms with E-state index in [0.29, 0.717) is 17.8 Å². The van der Waals surface area contributed by atoms with E-state index in [1.54, 1.807) is 0 Å². The fourth-order valence-electron chi connectivity index (χ4n) is 2.13. The summed E-state index contributed by atoms with van der Waals surface area (Å²) in [6, 6.07) is 5.57. The summed E-state index contributed by atoms with van der Waals surface area (Å²) in [5.41, 5.74) is -1.71. The quantitative estimate of drug-likeness (QED) is 0.736. The van der Waals surface area contributed by atoms with E-state index in [4.69, 9.17) is 0 Å². The fourth-order valence-corrected chi connectivity index (χ4v) is 2.13. The molecule has 1 aromatic heterocycles. The van der Waals surface area contributed by atoms with Crippen molar-refractivity contribution >= 4 is 5.91 Å². The smallest absolute Gasteiger partial charge is 0.416 e. The molecular weight excluding hydrogens is 366 g/mol. The molecule has 0 aliphatic heterocycles. The van der Waals surface area contributed by atoms with Crippen LogP contribution >= 0.6 is 0 Å². The van der Waals surface area contributed by atoms with Gasteiger partial charge in [-0.3, -0.25) is 4.79 Å². The first-order chi connectivity index (χ1) is 12.1. The molecule has 4 nitrogen and oxygen atoms in total. The van der Waals surface area contributed by atoms with Gasteiger partial charge in [-0.25, -0.2) is 9.37 Å². The SMILES string of the molecule is CN(Cc1cccc(F)c1)C(=O)c1cc(C(F)(F)F)cnc1OC(F)F. The molecule has 0 spiro atoms. The largest absolute Gasteiger partial charge is 0.417 e. The third-order valence-electron chi connectivity index (χ3n) is 3.27. The lowest BCUT2D eigenvalue weighted by Crippen LogP contribution is -2.28. The number of rotatable bonds is 5. The molecule has 0 atom stereocenters. The second-order valence-electron chi connectivity index (χ2n) is 5.24. The van der Waals surface area contributed by atoms with Crippen LogP contribution < -0.4 is 4.74 Å². The van der Waals surface area contributed by atoms with Crippen LogP contribution in [0.15, 0.2) is 36.5 Å². The van der Waals surface area contributed by atoms with Crippen molar-refractivity contribution in [2.24, 2.45) is 0 Å². The Morgan fingerprint density at radius 2 is 1.96 bits per heavy atom. The van der Waals surface area contributed by atoms with Gasteiger partial charge in [0.05, 0.1) is 5.56 Å². The Morgan fingerprint density at radius 1 is 1.27 bits per heavy atom. The highest BCUT2D eigenvalue weighted by molar-refractivity contribution is 5.96. The number of carbonyl (C=O) groups excluding carboxylic acids is 1. The van der Waals surface area contributed by atoms with Gasteiger partial charge in [0.15, 0.2) is 0 Å². The first kappa shape index (κ1) is 19.5. The summed E-state index contributed by atoms with van der Waals surface area (Å²) < 4.78 is 80.6. The molecule has 0 fully saturated rings. The Hall–Kier alpha value is -2.78. The molecule has 0 bridgehead atoms. The summed E-state index contributed by atoms with van der Waals surface area (Å²) in [6.07, 6.45) is -4.53. The van der Waals surface area contributed by atoms with E-state index < -0.39 is 41.5 Å². The van der Waals surface area contributed by atoms with Gasteiger partial charge in [0.1, 0.15) is 11.4 Å².